The number of benzene rings is 1. The van der Waals surface area contributed by atoms with Crippen LogP contribution in [0.1, 0.15) is 32.9 Å². The molecular formula is C17H15F3N4O. The van der Waals surface area contributed by atoms with E-state index in [1.807, 2.05) is 6.92 Å². The van der Waals surface area contributed by atoms with Gasteiger partial charge in [-0.05, 0) is 31.5 Å². The van der Waals surface area contributed by atoms with E-state index >= 15 is 0 Å². The first-order chi connectivity index (χ1) is 11.8. The van der Waals surface area contributed by atoms with Crippen LogP contribution in [0.5, 0.6) is 0 Å². The molecule has 2 heterocycles. The van der Waals surface area contributed by atoms with Crippen molar-refractivity contribution >= 4 is 11.6 Å². The lowest BCUT2D eigenvalue weighted by atomic mass is 10.1. The normalized spacial score (nSPS) is 11.7. The predicted molar refractivity (Wildman–Crippen MR) is 85.1 cm³/mol. The van der Waals surface area contributed by atoms with Crippen molar-refractivity contribution in [3.05, 3.63) is 64.6 Å². The van der Waals surface area contributed by atoms with Gasteiger partial charge in [-0.1, -0.05) is 12.1 Å². The van der Waals surface area contributed by atoms with Crippen LogP contribution in [0.2, 0.25) is 0 Å². The Balaban J connectivity index is 1.73. The van der Waals surface area contributed by atoms with Crippen molar-refractivity contribution < 1.29 is 18.0 Å². The van der Waals surface area contributed by atoms with E-state index in [-0.39, 0.29) is 12.5 Å². The minimum absolute atomic E-state index is 0.118. The molecule has 0 atom stereocenters. The lowest BCUT2D eigenvalue weighted by Crippen LogP contribution is -2.24. The molecule has 0 aliphatic heterocycles. The number of amides is 1. The molecule has 25 heavy (non-hydrogen) atoms. The Morgan fingerprint density at radius 1 is 1.20 bits per heavy atom. The van der Waals surface area contributed by atoms with E-state index in [4.69, 9.17) is 0 Å². The zero-order valence-corrected chi connectivity index (χ0v) is 13.6. The van der Waals surface area contributed by atoms with Gasteiger partial charge in [0.25, 0.3) is 5.91 Å². The van der Waals surface area contributed by atoms with Crippen LogP contribution in [-0.2, 0) is 12.7 Å². The number of aryl methyl sites for hydroxylation is 2. The van der Waals surface area contributed by atoms with Crippen molar-refractivity contribution in [2.75, 3.05) is 0 Å². The first-order valence-corrected chi connectivity index (χ1v) is 7.52. The van der Waals surface area contributed by atoms with Crippen LogP contribution in [0.4, 0.5) is 13.2 Å². The van der Waals surface area contributed by atoms with Crippen molar-refractivity contribution in [3.8, 4) is 0 Å². The third-order valence-electron chi connectivity index (χ3n) is 3.83. The molecule has 3 aromatic rings. The number of fused-ring (bicyclic) bond motifs is 1. The second-order valence-corrected chi connectivity index (χ2v) is 5.69. The Kier molecular flexibility index (Phi) is 4.20. The maximum atomic E-state index is 12.5. The number of alkyl halides is 3. The number of nitrogens with zero attached hydrogens (tertiary/aromatic N) is 3. The molecule has 130 valence electrons. The molecule has 0 saturated carbocycles. The average Bonchev–Trinajstić information content (AvgIpc) is 2.94. The summed E-state index contributed by atoms with van der Waals surface area (Å²) >= 11 is 0. The number of carbonyl (C=O) groups is 1. The van der Waals surface area contributed by atoms with Crippen LogP contribution in [-0.4, -0.2) is 20.5 Å². The Morgan fingerprint density at radius 2 is 1.88 bits per heavy atom. The van der Waals surface area contributed by atoms with Gasteiger partial charge in [0, 0.05) is 18.8 Å². The molecule has 5 nitrogen and oxygen atoms in total. The highest BCUT2D eigenvalue weighted by Gasteiger charge is 2.29. The zero-order chi connectivity index (χ0) is 18.2. The summed E-state index contributed by atoms with van der Waals surface area (Å²) in [5, 5.41) is 6.96. The van der Waals surface area contributed by atoms with Gasteiger partial charge in [-0.2, -0.15) is 18.3 Å². The molecule has 0 aliphatic carbocycles. The minimum Gasteiger partial charge on any atom is -0.348 e. The van der Waals surface area contributed by atoms with Crippen LogP contribution >= 0.6 is 0 Å². The SMILES string of the molecule is Cc1cc2ncc(C(=O)NCc3ccc(C(F)(F)F)cc3)c(C)n2n1. The smallest absolute Gasteiger partial charge is 0.348 e. The quantitative estimate of drug-likeness (QED) is 0.790. The number of carbonyl (C=O) groups excluding carboxylic acids is 1. The molecule has 0 spiro atoms. The first kappa shape index (κ1) is 16.9. The number of hydrogen-bond acceptors (Lipinski definition) is 3. The van der Waals surface area contributed by atoms with Crippen molar-refractivity contribution in [3.63, 3.8) is 0 Å². The number of hydrogen-bond donors (Lipinski definition) is 1. The van der Waals surface area contributed by atoms with Crippen LogP contribution in [0.25, 0.3) is 5.65 Å². The first-order valence-electron chi connectivity index (χ1n) is 7.52. The third kappa shape index (κ3) is 3.47. The van der Waals surface area contributed by atoms with Crippen LogP contribution in [0.3, 0.4) is 0 Å². The molecule has 1 aromatic carbocycles. The van der Waals surface area contributed by atoms with Gasteiger partial charge in [-0.25, -0.2) is 9.50 Å². The molecular weight excluding hydrogens is 333 g/mol. The summed E-state index contributed by atoms with van der Waals surface area (Å²) in [6.07, 6.45) is -2.91. The summed E-state index contributed by atoms with van der Waals surface area (Å²) in [5.74, 6) is -0.361. The number of rotatable bonds is 3. The molecule has 8 heteroatoms. The van der Waals surface area contributed by atoms with Crippen molar-refractivity contribution in [2.24, 2.45) is 0 Å². The fourth-order valence-corrected chi connectivity index (χ4v) is 2.47. The molecule has 0 radical (unpaired) electrons. The van der Waals surface area contributed by atoms with Crippen molar-refractivity contribution in [2.45, 2.75) is 26.6 Å². The van der Waals surface area contributed by atoms with Gasteiger partial charge in [0.1, 0.15) is 0 Å². The van der Waals surface area contributed by atoms with Gasteiger partial charge in [0.2, 0.25) is 0 Å². The lowest BCUT2D eigenvalue weighted by Gasteiger charge is -2.10. The highest BCUT2D eigenvalue weighted by Crippen LogP contribution is 2.29. The fourth-order valence-electron chi connectivity index (χ4n) is 2.47. The number of halogens is 3. The second-order valence-electron chi connectivity index (χ2n) is 5.69. The van der Waals surface area contributed by atoms with Crippen LogP contribution in [0.15, 0.2) is 36.5 Å². The maximum absolute atomic E-state index is 12.5. The van der Waals surface area contributed by atoms with E-state index in [0.717, 1.165) is 17.8 Å². The molecule has 0 fully saturated rings. The highest BCUT2D eigenvalue weighted by molar-refractivity contribution is 5.95. The number of nitrogens with one attached hydrogen (secondary N) is 1. The van der Waals surface area contributed by atoms with Gasteiger partial charge in [0.15, 0.2) is 5.65 Å². The highest BCUT2D eigenvalue weighted by atomic mass is 19.4. The van der Waals surface area contributed by atoms with E-state index in [2.05, 4.69) is 15.4 Å². The Hall–Kier alpha value is -2.90. The molecule has 3 rings (SSSR count). The molecule has 1 N–H and O–H groups in total. The van der Waals surface area contributed by atoms with E-state index < -0.39 is 11.7 Å². The van der Waals surface area contributed by atoms with Gasteiger partial charge >= 0.3 is 6.18 Å². The average molecular weight is 348 g/mol. The van der Waals surface area contributed by atoms with Gasteiger partial charge in [-0.15, -0.1) is 0 Å². The van der Waals surface area contributed by atoms with Gasteiger partial charge in [0.05, 0.1) is 22.5 Å². The Morgan fingerprint density at radius 3 is 2.52 bits per heavy atom. The van der Waals surface area contributed by atoms with Gasteiger partial charge < -0.3 is 5.32 Å². The molecule has 0 aliphatic rings. The van der Waals surface area contributed by atoms with E-state index in [1.165, 1.54) is 18.3 Å². The minimum atomic E-state index is -4.37. The third-order valence-corrected chi connectivity index (χ3v) is 3.83. The second kappa shape index (κ2) is 6.19. The predicted octanol–water partition coefficient (Wildman–Crippen LogP) is 3.29. The molecule has 0 saturated heterocycles. The Bertz CT molecular complexity index is 929. The summed E-state index contributed by atoms with van der Waals surface area (Å²) in [6, 6.07) is 6.47. The van der Waals surface area contributed by atoms with Gasteiger partial charge in [-0.3, -0.25) is 4.79 Å². The fraction of sp³-hybridized carbons (Fsp3) is 0.235. The van der Waals surface area contributed by atoms with E-state index in [1.54, 1.807) is 17.5 Å². The van der Waals surface area contributed by atoms with Crippen LogP contribution < -0.4 is 5.32 Å². The summed E-state index contributed by atoms with van der Waals surface area (Å²) < 4.78 is 39.2. The maximum Gasteiger partial charge on any atom is 0.416 e. The van der Waals surface area contributed by atoms with Crippen molar-refractivity contribution in [1.29, 1.82) is 0 Å². The zero-order valence-electron chi connectivity index (χ0n) is 13.6. The summed E-state index contributed by atoms with van der Waals surface area (Å²) in [7, 11) is 0. The van der Waals surface area contributed by atoms with E-state index in [9.17, 15) is 18.0 Å². The summed E-state index contributed by atoms with van der Waals surface area (Å²) in [4.78, 5) is 16.5. The Labute approximate surface area is 141 Å². The van der Waals surface area contributed by atoms with Crippen molar-refractivity contribution in [1.82, 2.24) is 19.9 Å². The molecule has 2 aromatic heterocycles. The van der Waals surface area contributed by atoms with Crippen LogP contribution in [0, 0.1) is 13.8 Å². The standard InChI is InChI=1S/C17H15F3N4O/c1-10-7-15-21-9-14(11(2)24(15)23-10)16(25)22-8-12-3-5-13(6-4-12)17(18,19)20/h3-7,9H,8H2,1-2H3,(H,22,25). The number of aromatic nitrogens is 3. The molecule has 0 bridgehead atoms. The lowest BCUT2D eigenvalue weighted by molar-refractivity contribution is -0.137. The monoisotopic (exact) mass is 348 g/mol. The summed E-state index contributed by atoms with van der Waals surface area (Å²) in [6.45, 7) is 3.71. The molecule has 0 unspecified atom stereocenters. The summed E-state index contributed by atoms with van der Waals surface area (Å²) in [5.41, 5.74) is 2.29. The van der Waals surface area contributed by atoms with E-state index in [0.29, 0.717) is 22.5 Å². The molecule has 1 amide bonds. The largest absolute Gasteiger partial charge is 0.416 e. The topological polar surface area (TPSA) is 59.3 Å².